The number of carbonyl (C=O) groups excluding carboxylic acids is 1. The first-order valence-corrected chi connectivity index (χ1v) is 8.13. The van der Waals surface area contributed by atoms with Crippen LogP contribution in [0.2, 0.25) is 0 Å². The highest BCUT2D eigenvalue weighted by Crippen LogP contribution is 2.21. The lowest BCUT2D eigenvalue weighted by atomic mass is 10.2. The van der Waals surface area contributed by atoms with Crippen molar-refractivity contribution in [2.24, 2.45) is 5.73 Å². The molecule has 3 heterocycles. The predicted molar refractivity (Wildman–Crippen MR) is 83.1 cm³/mol. The molecule has 22 heavy (non-hydrogen) atoms. The summed E-state index contributed by atoms with van der Waals surface area (Å²) >= 11 is 1.59. The number of hydrogen-bond acceptors (Lipinski definition) is 7. The molecule has 8 heteroatoms. The first-order valence-electron chi connectivity index (χ1n) is 7.25. The molecule has 1 amide bonds. The average molecular weight is 321 g/mol. The molecule has 2 aromatic heterocycles. The van der Waals surface area contributed by atoms with Crippen LogP contribution in [0.3, 0.4) is 0 Å². The Morgan fingerprint density at radius 3 is 2.86 bits per heavy atom. The maximum Gasteiger partial charge on any atom is 0.241 e. The van der Waals surface area contributed by atoms with Crippen LogP contribution in [0.25, 0.3) is 10.7 Å². The van der Waals surface area contributed by atoms with Crippen LogP contribution in [0.4, 0.5) is 0 Å². The fraction of sp³-hybridized carbons (Fsp3) is 0.500. The maximum atomic E-state index is 11.2. The lowest BCUT2D eigenvalue weighted by molar-refractivity contribution is -0.123. The molecule has 0 saturated carbocycles. The Kier molecular flexibility index (Phi) is 4.51. The van der Waals surface area contributed by atoms with Crippen molar-refractivity contribution in [1.29, 1.82) is 0 Å². The molecule has 0 aliphatic carbocycles. The van der Waals surface area contributed by atoms with Crippen LogP contribution in [0.15, 0.2) is 22.0 Å². The predicted octanol–water partition coefficient (Wildman–Crippen LogP) is 0.789. The Morgan fingerprint density at radius 2 is 2.23 bits per heavy atom. The van der Waals surface area contributed by atoms with Gasteiger partial charge in [0.1, 0.15) is 0 Å². The Hall–Kier alpha value is -1.77. The van der Waals surface area contributed by atoms with E-state index in [1.165, 1.54) is 0 Å². The highest BCUT2D eigenvalue weighted by atomic mass is 32.1. The van der Waals surface area contributed by atoms with Gasteiger partial charge in [0.2, 0.25) is 17.6 Å². The molecule has 7 nitrogen and oxygen atoms in total. The lowest BCUT2D eigenvalue weighted by Crippen LogP contribution is -2.52. The number of amides is 1. The van der Waals surface area contributed by atoms with E-state index >= 15 is 0 Å². The molecule has 1 fully saturated rings. The zero-order chi connectivity index (χ0) is 15.5. The van der Waals surface area contributed by atoms with Crippen molar-refractivity contribution in [2.45, 2.75) is 19.5 Å². The monoisotopic (exact) mass is 321 g/mol. The van der Waals surface area contributed by atoms with Crippen LogP contribution < -0.4 is 5.73 Å². The number of thiophene rings is 1. The number of rotatable bonds is 5. The normalized spacial score (nSPS) is 18.4. The second kappa shape index (κ2) is 6.55. The maximum absolute atomic E-state index is 11.2. The third-order valence-electron chi connectivity index (χ3n) is 3.93. The Morgan fingerprint density at radius 1 is 1.45 bits per heavy atom. The molecule has 2 N–H and O–H groups in total. The lowest BCUT2D eigenvalue weighted by Gasteiger charge is -2.36. The van der Waals surface area contributed by atoms with E-state index in [-0.39, 0.29) is 11.9 Å². The van der Waals surface area contributed by atoms with Crippen molar-refractivity contribution >= 4 is 17.2 Å². The van der Waals surface area contributed by atoms with E-state index in [0.717, 1.165) is 31.1 Å². The summed E-state index contributed by atoms with van der Waals surface area (Å²) in [5, 5.41) is 6.01. The summed E-state index contributed by atoms with van der Waals surface area (Å²) in [6.07, 6.45) is 0. The molecule has 0 radical (unpaired) electrons. The zero-order valence-corrected chi connectivity index (χ0v) is 13.3. The smallest absolute Gasteiger partial charge is 0.241 e. The van der Waals surface area contributed by atoms with Gasteiger partial charge in [0, 0.05) is 26.2 Å². The standard InChI is InChI=1S/C14H19N5O2S/c1-10(13(15)20)19-6-4-18(5-7-19)9-12-16-14(17-21-12)11-3-2-8-22-11/h2-3,8,10H,4-7,9H2,1H3,(H2,15,20)/t10-/m0/s1. The molecule has 0 aromatic carbocycles. The summed E-state index contributed by atoms with van der Waals surface area (Å²) < 4.78 is 5.32. The van der Waals surface area contributed by atoms with E-state index in [1.807, 2.05) is 24.4 Å². The number of carbonyl (C=O) groups is 1. The van der Waals surface area contributed by atoms with Gasteiger partial charge in [-0.2, -0.15) is 4.98 Å². The second-order valence-electron chi connectivity index (χ2n) is 5.38. The van der Waals surface area contributed by atoms with Gasteiger partial charge in [-0.3, -0.25) is 14.6 Å². The van der Waals surface area contributed by atoms with Crippen molar-refractivity contribution in [1.82, 2.24) is 19.9 Å². The van der Waals surface area contributed by atoms with Crippen LogP contribution in [0.5, 0.6) is 0 Å². The largest absolute Gasteiger partial charge is 0.368 e. The molecule has 1 aliphatic heterocycles. The summed E-state index contributed by atoms with van der Waals surface area (Å²) in [7, 11) is 0. The van der Waals surface area contributed by atoms with E-state index in [4.69, 9.17) is 10.3 Å². The van der Waals surface area contributed by atoms with Gasteiger partial charge in [-0.1, -0.05) is 11.2 Å². The Bertz CT molecular complexity index is 619. The van der Waals surface area contributed by atoms with Crippen LogP contribution in [0.1, 0.15) is 12.8 Å². The van der Waals surface area contributed by atoms with Crippen molar-refractivity contribution in [3.63, 3.8) is 0 Å². The van der Waals surface area contributed by atoms with E-state index < -0.39 is 0 Å². The zero-order valence-electron chi connectivity index (χ0n) is 12.4. The third-order valence-corrected chi connectivity index (χ3v) is 4.80. The van der Waals surface area contributed by atoms with Gasteiger partial charge in [-0.25, -0.2) is 0 Å². The van der Waals surface area contributed by atoms with Crippen molar-refractivity contribution in [3.05, 3.63) is 23.4 Å². The van der Waals surface area contributed by atoms with Gasteiger partial charge in [0.15, 0.2) is 0 Å². The number of hydrogen-bond donors (Lipinski definition) is 1. The van der Waals surface area contributed by atoms with Crippen LogP contribution >= 0.6 is 11.3 Å². The summed E-state index contributed by atoms with van der Waals surface area (Å²) in [6, 6.07) is 3.73. The van der Waals surface area contributed by atoms with Crippen molar-refractivity contribution < 1.29 is 9.32 Å². The van der Waals surface area contributed by atoms with Crippen LogP contribution in [-0.2, 0) is 11.3 Å². The first kappa shape index (κ1) is 15.1. The van der Waals surface area contributed by atoms with Crippen LogP contribution in [0, 0.1) is 0 Å². The van der Waals surface area contributed by atoms with Gasteiger partial charge in [0.05, 0.1) is 17.5 Å². The highest BCUT2D eigenvalue weighted by molar-refractivity contribution is 7.13. The Balaban J connectivity index is 1.54. The number of piperazine rings is 1. The topological polar surface area (TPSA) is 88.5 Å². The van der Waals surface area contributed by atoms with E-state index in [0.29, 0.717) is 18.3 Å². The minimum absolute atomic E-state index is 0.212. The Labute approximate surface area is 132 Å². The highest BCUT2D eigenvalue weighted by Gasteiger charge is 2.25. The number of primary amides is 1. The number of aromatic nitrogens is 2. The molecule has 1 saturated heterocycles. The van der Waals surface area contributed by atoms with Gasteiger partial charge in [-0.15, -0.1) is 11.3 Å². The molecule has 2 aromatic rings. The van der Waals surface area contributed by atoms with Gasteiger partial charge >= 0.3 is 0 Å². The average Bonchev–Trinajstić information content (AvgIpc) is 3.18. The summed E-state index contributed by atoms with van der Waals surface area (Å²) in [4.78, 5) is 21.0. The first-order chi connectivity index (χ1) is 10.6. The minimum atomic E-state index is -0.272. The quantitative estimate of drug-likeness (QED) is 0.876. The molecule has 1 atom stereocenters. The van der Waals surface area contributed by atoms with Gasteiger partial charge in [0.25, 0.3) is 0 Å². The van der Waals surface area contributed by atoms with E-state index in [9.17, 15) is 4.79 Å². The summed E-state index contributed by atoms with van der Waals surface area (Å²) in [5.74, 6) is 0.997. The van der Waals surface area contributed by atoms with E-state index in [1.54, 1.807) is 11.3 Å². The van der Waals surface area contributed by atoms with E-state index in [2.05, 4.69) is 19.9 Å². The second-order valence-corrected chi connectivity index (χ2v) is 6.33. The van der Waals surface area contributed by atoms with Gasteiger partial charge in [-0.05, 0) is 18.4 Å². The molecule has 0 spiro atoms. The fourth-order valence-electron chi connectivity index (χ4n) is 2.50. The molecular formula is C14H19N5O2S. The number of nitrogens with two attached hydrogens (primary N) is 1. The molecule has 0 unspecified atom stereocenters. The SMILES string of the molecule is C[C@@H](C(N)=O)N1CCN(Cc2nc(-c3cccs3)no2)CC1. The van der Waals surface area contributed by atoms with Gasteiger partial charge < -0.3 is 10.3 Å². The third kappa shape index (κ3) is 3.34. The molecule has 0 bridgehead atoms. The number of nitrogens with zero attached hydrogens (tertiary/aromatic N) is 4. The van der Waals surface area contributed by atoms with Crippen molar-refractivity contribution in [2.75, 3.05) is 26.2 Å². The molecular weight excluding hydrogens is 302 g/mol. The molecule has 118 valence electrons. The molecule has 3 rings (SSSR count). The molecule has 1 aliphatic rings. The van der Waals surface area contributed by atoms with Crippen LogP contribution in [-0.4, -0.2) is 58.1 Å². The van der Waals surface area contributed by atoms with Crippen molar-refractivity contribution in [3.8, 4) is 10.7 Å². The minimum Gasteiger partial charge on any atom is -0.368 e. The summed E-state index contributed by atoms with van der Waals surface area (Å²) in [6.45, 7) is 5.83. The fourth-order valence-corrected chi connectivity index (χ4v) is 3.15. The summed E-state index contributed by atoms with van der Waals surface area (Å²) in [5.41, 5.74) is 5.35.